The molecule has 1 unspecified atom stereocenters. The van der Waals surface area contributed by atoms with Crippen molar-refractivity contribution >= 4 is 42.7 Å². The molecule has 0 saturated carbocycles. The molecule has 1 saturated heterocycles. The van der Waals surface area contributed by atoms with E-state index in [1.165, 1.54) is 6.07 Å². The zero-order chi connectivity index (χ0) is 19.7. The third-order valence-electron chi connectivity index (χ3n) is 4.91. The highest BCUT2D eigenvalue weighted by Gasteiger charge is 2.22. The number of anilines is 2. The number of carbonyl (C=O) groups is 1. The Hall–Kier alpha value is -2.56. The Bertz CT molecular complexity index is 1050. The fraction of sp³-hybridized carbons (Fsp3) is 0.238. The minimum atomic E-state index is -0.282. The van der Waals surface area contributed by atoms with Crippen LogP contribution in [0.4, 0.5) is 15.9 Å². The van der Waals surface area contributed by atoms with Crippen molar-refractivity contribution in [2.45, 2.75) is 6.92 Å². The second kappa shape index (κ2) is 7.82. The number of aromatic nitrogens is 1. The number of halogens is 1. The van der Waals surface area contributed by atoms with Gasteiger partial charge >= 0.3 is 0 Å². The summed E-state index contributed by atoms with van der Waals surface area (Å²) in [7, 11) is 2.38. The molecule has 1 fully saturated rings. The van der Waals surface area contributed by atoms with Crippen LogP contribution in [0.25, 0.3) is 10.8 Å². The van der Waals surface area contributed by atoms with E-state index in [-0.39, 0.29) is 11.7 Å². The Morgan fingerprint density at radius 1 is 1.25 bits per heavy atom. The highest BCUT2D eigenvalue weighted by Crippen LogP contribution is 2.30. The Kier molecular flexibility index (Phi) is 5.25. The molecule has 1 amide bonds. The molecule has 0 bridgehead atoms. The number of fused-ring (bicyclic) bond motifs is 1. The van der Waals surface area contributed by atoms with Gasteiger partial charge in [-0.3, -0.25) is 4.79 Å². The second-order valence-electron chi connectivity index (χ2n) is 6.78. The predicted molar refractivity (Wildman–Crippen MR) is 112 cm³/mol. The molecule has 3 aromatic rings. The minimum Gasteiger partial charge on any atom is -0.378 e. The summed E-state index contributed by atoms with van der Waals surface area (Å²) in [6.45, 7) is 4.26. The smallest absolute Gasteiger partial charge is 0.256 e. The first-order chi connectivity index (χ1) is 13.5. The van der Waals surface area contributed by atoms with E-state index in [2.05, 4.69) is 19.5 Å². The van der Waals surface area contributed by atoms with Crippen molar-refractivity contribution < 1.29 is 13.9 Å². The van der Waals surface area contributed by atoms with Crippen molar-refractivity contribution in [2.24, 2.45) is 0 Å². The third-order valence-corrected chi connectivity index (χ3v) is 5.35. The Morgan fingerprint density at radius 2 is 2.04 bits per heavy atom. The van der Waals surface area contributed by atoms with Crippen LogP contribution in [0.15, 0.2) is 42.6 Å². The zero-order valence-corrected chi connectivity index (χ0v) is 16.7. The molecule has 0 spiro atoms. The monoisotopic (exact) mass is 397 g/mol. The summed E-state index contributed by atoms with van der Waals surface area (Å²) >= 11 is 0. The number of morpholine rings is 1. The van der Waals surface area contributed by atoms with E-state index < -0.39 is 0 Å². The average molecular weight is 397 g/mol. The van der Waals surface area contributed by atoms with E-state index in [4.69, 9.17) is 4.74 Å². The number of carbonyl (C=O) groups excluding carboxylic acids is 1. The van der Waals surface area contributed by atoms with Crippen LogP contribution in [0.1, 0.15) is 15.9 Å². The topological polar surface area (TPSA) is 54.5 Å². The van der Waals surface area contributed by atoms with Crippen LogP contribution >= 0.6 is 9.24 Å². The van der Waals surface area contributed by atoms with Crippen molar-refractivity contribution in [3.05, 3.63) is 59.5 Å². The molecule has 1 N–H and O–H groups in total. The molecule has 0 aliphatic carbocycles. The maximum absolute atomic E-state index is 13.5. The first kappa shape index (κ1) is 18.8. The van der Waals surface area contributed by atoms with Crippen LogP contribution in [0.5, 0.6) is 0 Å². The average Bonchev–Trinajstić information content (AvgIpc) is 2.71. The van der Waals surface area contributed by atoms with Crippen molar-refractivity contribution in [2.75, 3.05) is 31.6 Å². The molecule has 4 rings (SSSR count). The first-order valence-electron chi connectivity index (χ1n) is 9.12. The van der Waals surface area contributed by atoms with Crippen molar-refractivity contribution in [1.29, 1.82) is 0 Å². The molecule has 1 aliphatic heterocycles. The van der Waals surface area contributed by atoms with Gasteiger partial charge in [0.05, 0.1) is 18.8 Å². The number of amides is 1. The van der Waals surface area contributed by atoms with E-state index in [9.17, 15) is 9.18 Å². The molecular weight excluding hydrogens is 376 g/mol. The molecule has 144 valence electrons. The van der Waals surface area contributed by atoms with E-state index in [0.717, 1.165) is 22.0 Å². The van der Waals surface area contributed by atoms with E-state index in [0.29, 0.717) is 43.0 Å². The summed E-state index contributed by atoms with van der Waals surface area (Å²) in [6, 6.07) is 10.7. The number of nitrogens with zero attached hydrogens (tertiary/aromatic N) is 2. The highest BCUT2D eigenvalue weighted by atomic mass is 31.0. The van der Waals surface area contributed by atoms with Gasteiger partial charge in [0.1, 0.15) is 11.6 Å². The molecule has 2 heterocycles. The number of aryl methyl sites for hydroxylation is 1. The van der Waals surface area contributed by atoms with E-state index in [1.807, 2.05) is 25.1 Å². The van der Waals surface area contributed by atoms with Crippen molar-refractivity contribution in [3.63, 3.8) is 0 Å². The summed E-state index contributed by atoms with van der Waals surface area (Å²) in [5.74, 6) is 0.319. The third kappa shape index (κ3) is 3.58. The van der Waals surface area contributed by atoms with Crippen LogP contribution in [0.3, 0.4) is 0 Å². The largest absolute Gasteiger partial charge is 0.378 e. The zero-order valence-electron chi connectivity index (χ0n) is 15.5. The molecule has 2 aromatic carbocycles. The molecule has 5 nitrogen and oxygen atoms in total. The standard InChI is InChI=1S/C21H21FN3O2P/c1-13-3-2-4-15-19(13)16(21(26)25-7-9-27-10-8-25)12-23-20(15)24-14-5-6-17(22)18(28)11-14/h2-6,11-12H,7-10,28H2,1H3,(H,23,24). The van der Waals surface area contributed by atoms with Gasteiger partial charge in [0, 0.05) is 41.1 Å². The summed E-state index contributed by atoms with van der Waals surface area (Å²) in [6.07, 6.45) is 1.63. The van der Waals surface area contributed by atoms with Gasteiger partial charge in [-0.1, -0.05) is 18.2 Å². The Balaban J connectivity index is 1.76. The first-order valence-corrected chi connectivity index (χ1v) is 9.70. The second-order valence-corrected chi connectivity index (χ2v) is 7.41. The lowest BCUT2D eigenvalue weighted by molar-refractivity contribution is 0.0304. The lowest BCUT2D eigenvalue weighted by Crippen LogP contribution is -2.40. The van der Waals surface area contributed by atoms with Gasteiger partial charge in [-0.05, 0) is 30.7 Å². The summed E-state index contributed by atoms with van der Waals surface area (Å²) in [5.41, 5.74) is 2.32. The fourth-order valence-corrected chi connectivity index (χ4v) is 3.72. The minimum absolute atomic E-state index is 0.0318. The molecule has 1 atom stereocenters. The van der Waals surface area contributed by atoms with E-state index >= 15 is 0 Å². The van der Waals surface area contributed by atoms with Crippen molar-refractivity contribution in [1.82, 2.24) is 9.88 Å². The number of ether oxygens (including phenoxy) is 1. The van der Waals surface area contributed by atoms with Crippen LogP contribution in [-0.2, 0) is 4.74 Å². The maximum atomic E-state index is 13.5. The summed E-state index contributed by atoms with van der Waals surface area (Å²) in [5, 5.41) is 5.46. The molecule has 28 heavy (non-hydrogen) atoms. The number of hydrogen-bond acceptors (Lipinski definition) is 4. The highest BCUT2D eigenvalue weighted by molar-refractivity contribution is 7.27. The van der Waals surface area contributed by atoms with E-state index in [1.54, 1.807) is 23.2 Å². The fourth-order valence-electron chi connectivity index (χ4n) is 3.44. The lowest BCUT2D eigenvalue weighted by atomic mass is 10.0. The van der Waals surface area contributed by atoms with Crippen LogP contribution in [0.2, 0.25) is 0 Å². The predicted octanol–water partition coefficient (Wildman–Crippen LogP) is 3.40. The summed E-state index contributed by atoms with van der Waals surface area (Å²) < 4.78 is 18.9. The SMILES string of the molecule is Cc1cccc2c(Nc3ccc(F)c(P)c3)ncc(C(=O)N3CCOCC3)c12. The lowest BCUT2D eigenvalue weighted by Gasteiger charge is -2.27. The normalized spacial score (nSPS) is 14.3. The number of rotatable bonds is 3. The molecule has 7 heteroatoms. The Morgan fingerprint density at radius 3 is 2.79 bits per heavy atom. The van der Waals surface area contributed by atoms with Gasteiger partial charge in [-0.2, -0.15) is 0 Å². The van der Waals surface area contributed by atoms with Gasteiger partial charge in [0.15, 0.2) is 0 Å². The van der Waals surface area contributed by atoms with Gasteiger partial charge in [0.25, 0.3) is 5.91 Å². The molecular formula is C21H21FN3O2P. The number of pyridine rings is 1. The van der Waals surface area contributed by atoms with Gasteiger partial charge in [-0.25, -0.2) is 9.37 Å². The van der Waals surface area contributed by atoms with Crippen LogP contribution in [-0.4, -0.2) is 42.1 Å². The number of nitrogens with one attached hydrogen (secondary N) is 1. The Labute approximate surface area is 165 Å². The summed E-state index contributed by atoms with van der Waals surface area (Å²) in [4.78, 5) is 19.4. The number of benzene rings is 2. The quantitative estimate of drug-likeness (QED) is 0.689. The van der Waals surface area contributed by atoms with Gasteiger partial charge in [-0.15, -0.1) is 9.24 Å². The molecule has 0 radical (unpaired) electrons. The molecule has 1 aliphatic rings. The number of hydrogen-bond donors (Lipinski definition) is 1. The van der Waals surface area contributed by atoms with Crippen molar-refractivity contribution in [3.8, 4) is 0 Å². The van der Waals surface area contributed by atoms with Crippen LogP contribution < -0.4 is 10.6 Å². The van der Waals surface area contributed by atoms with Crippen LogP contribution in [0, 0.1) is 12.7 Å². The molecule has 1 aromatic heterocycles. The maximum Gasteiger partial charge on any atom is 0.256 e. The van der Waals surface area contributed by atoms with Gasteiger partial charge < -0.3 is 15.0 Å². The van der Waals surface area contributed by atoms with Gasteiger partial charge in [0.2, 0.25) is 0 Å².